The average molecular weight is 229 g/mol. The molecule has 1 fully saturated rings. The predicted octanol–water partition coefficient (Wildman–Crippen LogP) is -0.446. The molecule has 1 rings (SSSR count). The van der Waals surface area contributed by atoms with Gasteiger partial charge in [0.15, 0.2) is 0 Å². The summed E-state index contributed by atoms with van der Waals surface area (Å²) in [5.74, 6) is -0.0120. The lowest BCUT2D eigenvalue weighted by molar-refractivity contribution is -0.142. The summed E-state index contributed by atoms with van der Waals surface area (Å²) in [5, 5.41) is 5.40. The number of amides is 3. The molecule has 0 aliphatic carbocycles. The first-order valence-corrected chi connectivity index (χ1v) is 5.61. The van der Waals surface area contributed by atoms with Crippen molar-refractivity contribution in [1.82, 2.24) is 15.5 Å². The molecule has 0 aromatic rings. The quantitative estimate of drug-likeness (QED) is 0.671. The highest BCUT2D eigenvalue weighted by Gasteiger charge is 2.17. The highest BCUT2D eigenvalue weighted by molar-refractivity contribution is 5.78. The Morgan fingerprint density at radius 1 is 1.44 bits per heavy atom. The van der Waals surface area contributed by atoms with E-state index in [9.17, 15) is 9.59 Å². The van der Waals surface area contributed by atoms with Crippen LogP contribution in [0.5, 0.6) is 0 Å². The molecule has 1 aliphatic heterocycles. The number of hydrogen-bond acceptors (Lipinski definition) is 3. The van der Waals surface area contributed by atoms with Gasteiger partial charge in [-0.1, -0.05) is 6.92 Å². The Bertz CT molecular complexity index is 245. The van der Waals surface area contributed by atoms with Crippen LogP contribution in [-0.4, -0.2) is 56.2 Å². The lowest BCUT2D eigenvalue weighted by Gasteiger charge is -2.26. The Hall–Kier alpha value is -1.30. The van der Waals surface area contributed by atoms with E-state index in [-0.39, 0.29) is 18.5 Å². The monoisotopic (exact) mass is 229 g/mol. The number of nitrogens with zero attached hydrogens (tertiary/aromatic N) is 1. The first-order valence-electron chi connectivity index (χ1n) is 5.61. The Morgan fingerprint density at radius 3 is 2.88 bits per heavy atom. The summed E-state index contributed by atoms with van der Waals surface area (Å²) in [6.07, 6.45) is 0.912. The molecule has 16 heavy (non-hydrogen) atoms. The molecule has 0 spiro atoms. The van der Waals surface area contributed by atoms with Crippen LogP contribution in [0, 0.1) is 0 Å². The smallest absolute Gasteiger partial charge is 0.314 e. The second kappa shape index (κ2) is 7.05. The van der Waals surface area contributed by atoms with Crippen LogP contribution >= 0.6 is 0 Å². The number of morpholine rings is 1. The number of urea groups is 1. The molecule has 6 heteroatoms. The minimum atomic E-state index is -0.178. The van der Waals surface area contributed by atoms with Crippen molar-refractivity contribution < 1.29 is 14.3 Å². The largest absolute Gasteiger partial charge is 0.370 e. The summed E-state index contributed by atoms with van der Waals surface area (Å²) in [5.41, 5.74) is 0. The minimum Gasteiger partial charge on any atom is -0.370 e. The third kappa shape index (κ3) is 4.48. The van der Waals surface area contributed by atoms with Gasteiger partial charge in [0.05, 0.1) is 6.61 Å². The minimum absolute atomic E-state index is 0.0120. The van der Waals surface area contributed by atoms with E-state index in [0.29, 0.717) is 32.8 Å². The fraction of sp³-hybridized carbons (Fsp3) is 0.800. The highest BCUT2D eigenvalue weighted by atomic mass is 16.5. The van der Waals surface area contributed by atoms with Gasteiger partial charge in [-0.25, -0.2) is 4.79 Å². The number of ether oxygens (including phenoxy) is 1. The maximum atomic E-state index is 11.3. The lowest BCUT2D eigenvalue weighted by Crippen LogP contribution is -2.46. The van der Waals surface area contributed by atoms with Crippen LogP contribution in [0.3, 0.4) is 0 Å². The lowest BCUT2D eigenvalue weighted by atomic mass is 10.4. The van der Waals surface area contributed by atoms with Crippen molar-refractivity contribution in [2.45, 2.75) is 13.3 Å². The van der Waals surface area contributed by atoms with Crippen LogP contribution in [0.4, 0.5) is 4.79 Å². The van der Waals surface area contributed by atoms with Crippen molar-refractivity contribution in [3.63, 3.8) is 0 Å². The Kier molecular flexibility index (Phi) is 5.63. The second-order valence-electron chi connectivity index (χ2n) is 3.62. The molecule has 2 N–H and O–H groups in total. The molecule has 6 nitrogen and oxygen atoms in total. The number of rotatable bonds is 5. The summed E-state index contributed by atoms with van der Waals surface area (Å²) < 4.78 is 5.00. The van der Waals surface area contributed by atoms with Crippen molar-refractivity contribution in [3.8, 4) is 0 Å². The average Bonchev–Trinajstić information content (AvgIpc) is 2.29. The first kappa shape index (κ1) is 12.8. The summed E-state index contributed by atoms with van der Waals surface area (Å²) >= 11 is 0. The normalized spacial score (nSPS) is 16.1. The van der Waals surface area contributed by atoms with Crippen molar-refractivity contribution in [1.29, 1.82) is 0 Å². The maximum absolute atomic E-state index is 11.3. The molecule has 3 amide bonds. The van der Waals surface area contributed by atoms with Gasteiger partial charge in [-0.05, 0) is 6.42 Å². The van der Waals surface area contributed by atoms with E-state index in [4.69, 9.17) is 4.74 Å². The van der Waals surface area contributed by atoms with Gasteiger partial charge in [0.25, 0.3) is 0 Å². The zero-order chi connectivity index (χ0) is 11.8. The molecule has 0 atom stereocenters. The highest BCUT2D eigenvalue weighted by Crippen LogP contribution is 1.96. The molecule has 0 saturated carbocycles. The predicted molar refractivity (Wildman–Crippen MR) is 59.1 cm³/mol. The third-order valence-electron chi connectivity index (χ3n) is 2.29. The van der Waals surface area contributed by atoms with Gasteiger partial charge in [-0.3, -0.25) is 4.79 Å². The van der Waals surface area contributed by atoms with Crippen LogP contribution in [-0.2, 0) is 9.53 Å². The number of carbonyl (C=O) groups is 2. The fourth-order valence-electron chi connectivity index (χ4n) is 1.39. The SMILES string of the molecule is CCCNC(=O)NCCN1CCOCC1=O. The molecule has 1 heterocycles. The Morgan fingerprint density at radius 2 is 2.19 bits per heavy atom. The van der Waals surface area contributed by atoms with Crippen LogP contribution in [0.1, 0.15) is 13.3 Å². The number of carbonyl (C=O) groups excluding carboxylic acids is 2. The van der Waals surface area contributed by atoms with Crippen molar-refractivity contribution in [3.05, 3.63) is 0 Å². The summed E-state index contributed by atoms with van der Waals surface area (Å²) in [6.45, 7) is 5.02. The van der Waals surface area contributed by atoms with Gasteiger partial charge in [0, 0.05) is 26.2 Å². The summed E-state index contributed by atoms with van der Waals surface area (Å²) in [7, 11) is 0. The van der Waals surface area contributed by atoms with Crippen LogP contribution in [0.2, 0.25) is 0 Å². The van der Waals surface area contributed by atoms with Gasteiger partial charge >= 0.3 is 6.03 Å². The summed E-state index contributed by atoms with van der Waals surface area (Å²) in [6, 6.07) is -0.178. The van der Waals surface area contributed by atoms with Gasteiger partial charge in [0.2, 0.25) is 5.91 Å². The van der Waals surface area contributed by atoms with E-state index < -0.39 is 0 Å². The van der Waals surface area contributed by atoms with Gasteiger partial charge in [-0.2, -0.15) is 0 Å². The number of hydrogen-bond donors (Lipinski definition) is 2. The molecule has 0 aromatic heterocycles. The second-order valence-corrected chi connectivity index (χ2v) is 3.62. The number of nitrogens with one attached hydrogen (secondary N) is 2. The zero-order valence-corrected chi connectivity index (χ0v) is 9.62. The van der Waals surface area contributed by atoms with Gasteiger partial charge in [0.1, 0.15) is 6.61 Å². The van der Waals surface area contributed by atoms with Crippen LogP contribution in [0.25, 0.3) is 0 Å². The van der Waals surface area contributed by atoms with Crippen LogP contribution < -0.4 is 10.6 Å². The molecule has 0 unspecified atom stereocenters. The fourth-order valence-corrected chi connectivity index (χ4v) is 1.39. The first-order chi connectivity index (χ1) is 7.74. The molecule has 0 aromatic carbocycles. The Labute approximate surface area is 95.3 Å². The van der Waals surface area contributed by atoms with Gasteiger partial charge in [-0.15, -0.1) is 0 Å². The molecule has 1 aliphatic rings. The van der Waals surface area contributed by atoms with E-state index >= 15 is 0 Å². The van der Waals surface area contributed by atoms with Crippen molar-refractivity contribution in [2.24, 2.45) is 0 Å². The molecule has 92 valence electrons. The van der Waals surface area contributed by atoms with Crippen molar-refractivity contribution >= 4 is 11.9 Å². The maximum Gasteiger partial charge on any atom is 0.314 e. The molecular formula is C10H19N3O3. The van der Waals surface area contributed by atoms with Gasteiger partial charge < -0.3 is 20.3 Å². The zero-order valence-electron chi connectivity index (χ0n) is 9.62. The standard InChI is InChI=1S/C10H19N3O3/c1-2-3-11-10(15)12-4-5-13-6-7-16-8-9(13)14/h2-8H2,1H3,(H2,11,12,15). The van der Waals surface area contributed by atoms with E-state index in [1.807, 2.05) is 6.92 Å². The molecule has 0 radical (unpaired) electrons. The summed E-state index contributed by atoms with van der Waals surface area (Å²) in [4.78, 5) is 24.2. The Balaban J connectivity index is 2.09. The molecule has 0 bridgehead atoms. The van der Waals surface area contributed by atoms with Crippen molar-refractivity contribution in [2.75, 3.05) is 39.4 Å². The topological polar surface area (TPSA) is 70.7 Å². The van der Waals surface area contributed by atoms with Crippen LogP contribution in [0.15, 0.2) is 0 Å². The molecule has 1 saturated heterocycles. The third-order valence-corrected chi connectivity index (χ3v) is 2.29. The molecular weight excluding hydrogens is 210 g/mol. The van der Waals surface area contributed by atoms with E-state index in [1.165, 1.54) is 0 Å². The van der Waals surface area contributed by atoms with E-state index in [1.54, 1.807) is 4.90 Å². The van der Waals surface area contributed by atoms with E-state index in [0.717, 1.165) is 6.42 Å². The van der Waals surface area contributed by atoms with E-state index in [2.05, 4.69) is 10.6 Å².